The molecule has 3 nitrogen and oxygen atoms in total. The molecule has 1 heterocycles. The molecule has 4 aromatic rings. The molecule has 30 heavy (non-hydrogen) atoms. The van der Waals surface area contributed by atoms with Gasteiger partial charge in [0.2, 0.25) is 0 Å². The fraction of sp³-hybridized carbons (Fsp3) is 0.0435. The zero-order chi connectivity index (χ0) is 21.3. The predicted octanol–water partition coefficient (Wildman–Crippen LogP) is 6.23. The molecule has 0 aliphatic carbocycles. The molecule has 1 aromatic heterocycles. The molecule has 150 valence electrons. The second-order valence-corrected chi connectivity index (χ2v) is 7.00. The fourth-order valence-corrected chi connectivity index (χ4v) is 3.20. The normalized spacial score (nSPS) is 12.0. The summed E-state index contributed by atoms with van der Waals surface area (Å²) in [6.07, 6.45) is -1.21. The van der Waals surface area contributed by atoms with Crippen LogP contribution in [-0.4, -0.2) is 9.55 Å². The molecule has 4 rings (SSSR count). The van der Waals surface area contributed by atoms with Crippen LogP contribution in [0.1, 0.15) is 17.0 Å². The van der Waals surface area contributed by atoms with Gasteiger partial charge in [0.1, 0.15) is 5.82 Å². The Kier molecular flexibility index (Phi) is 5.18. The molecule has 7 heteroatoms. The standard InChI is InChI=1S/C23H14ClF3N2O/c24-17-11-8-15(9-12-17)10-13-21-28-20-7-2-1-6-19(20)22(30)29(21)18-5-3-4-16(14-18)23(25,26)27/h1-14H/b13-10-. The number of benzene rings is 3. The molecule has 0 aliphatic rings. The van der Waals surface area contributed by atoms with Crippen LogP contribution in [-0.2, 0) is 6.18 Å². The van der Waals surface area contributed by atoms with Crippen molar-refractivity contribution in [2.24, 2.45) is 0 Å². The van der Waals surface area contributed by atoms with E-state index in [9.17, 15) is 18.0 Å². The molecule has 0 unspecified atom stereocenters. The Bertz CT molecular complexity index is 1310. The van der Waals surface area contributed by atoms with E-state index in [1.807, 2.05) is 0 Å². The fourth-order valence-electron chi connectivity index (χ4n) is 3.08. The number of para-hydroxylation sites is 1. The molecule has 0 saturated heterocycles. The Labute approximate surface area is 174 Å². The molecule has 0 bridgehead atoms. The maximum atomic E-state index is 13.2. The van der Waals surface area contributed by atoms with E-state index >= 15 is 0 Å². The zero-order valence-corrected chi connectivity index (χ0v) is 16.2. The van der Waals surface area contributed by atoms with Crippen molar-refractivity contribution >= 4 is 34.7 Å². The zero-order valence-electron chi connectivity index (χ0n) is 15.4. The van der Waals surface area contributed by atoms with E-state index in [0.29, 0.717) is 15.9 Å². The molecule has 0 aliphatic heterocycles. The summed E-state index contributed by atoms with van der Waals surface area (Å²) in [6.45, 7) is 0. The van der Waals surface area contributed by atoms with Crippen molar-refractivity contribution < 1.29 is 13.2 Å². The first-order valence-corrected chi connectivity index (χ1v) is 9.34. The van der Waals surface area contributed by atoms with Gasteiger partial charge in [0.25, 0.3) is 5.56 Å². The average molecular weight is 427 g/mol. The Hall–Kier alpha value is -3.38. The van der Waals surface area contributed by atoms with Crippen LogP contribution in [0.5, 0.6) is 0 Å². The summed E-state index contributed by atoms with van der Waals surface area (Å²) in [5.74, 6) is 0.216. The molecule has 0 spiro atoms. The van der Waals surface area contributed by atoms with Gasteiger partial charge in [-0.25, -0.2) is 4.98 Å². The monoisotopic (exact) mass is 426 g/mol. The first kappa shape index (κ1) is 19.9. The van der Waals surface area contributed by atoms with E-state index in [2.05, 4.69) is 4.98 Å². The summed E-state index contributed by atoms with van der Waals surface area (Å²) in [6, 6.07) is 18.3. The summed E-state index contributed by atoms with van der Waals surface area (Å²) in [4.78, 5) is 17.7. The maximum absolute atomic E-state index is 13.2. The summed E-state index contributed by atoms with van der Waals surface area (Å²) in [7, 11) is 0. The van der Waals surface area contributed by atoms with E-state index < -0.39 is 17.3 Å². The molecule has 0 saturated carbocycles. The van der Waals surface area contributed by atoms with Crippen LogP contribution in [0.4, 0.5) is 13.2 Å². The number of nitrogens with zero attached hydrogens (tertiary/aromatic N) is 2. The van der Waals surface area contributed by atoms with Crippen LogP contribution in [0.25, 0.3) is 28.7 Å². The summed E-state index contributed by atoms with van der Waals surface area (Å²) >= 11 is 5.90. The van der Waals surface area contributed by atoms with E-state index in [1.54, 1.807) is 60.7 Å². The maximum Gasteiger partial charge on any atom is 0.416 e. The van der Waals surface area contributed by atoms with Crippen molar-refractivity contribution in [3.05, 3.63) is 105 Å². The Balaban J connectivity index is 1.93. The topological polar surface area (TPSA) is 34.9 Å². The number of rotatable bonds is 3. The van der Waals surface area contributed by atoms with Gasteiger partial charge in [0.05, 0.1) is 22.2 Å². The van der Waals surface area contributed by atoms with Crippen molar-refractivity contribution in [2.45, 2.75) is 6.18 Å². The Morgan fingerprint density at radius 2 is 1.63 bits per heavy atom. The predicted molar refractivity (Wildman–Crippen MR) is 113 cm³/mol. The van der Waals surface area contributed by atoms with Gasteiger partial charge in [-0.1, -0.05) is 48.0 Å². The minimum atomic E-state index is -4.52. The largest absolute Gasteiger partial charge is 0.416 e. The van der Waals surface area contributed by atoms with Gasteiger partial charge in [-0.15, -0.1) is 0 Å². The van der Waals surface area contributed by atoms with Crippen molar-refractivity contribution in [1.82, 2.24) is 9.55 Å². The van der Waals surface area contributed by atoms with E-state index in [-0.39, 0.29) is 11.5 Å². The molecular weight excluding hydrogens is 413 g/mol. The van der Waals surface area contributed by atoms with Gasteiger partial charge >= 0.3 is 6.18 Å². The van der Waals surface area contributed by atoms with Crippen LogP contribution in [0.2, 0.25) is 5.02 Å². The minimum absolute atomic E-state index is 0.0869. The van der Waals surface area contributed by atoms with Crippen LogP contribution >= 0.6 is 11.6 Å². The lowest BCUT2D eigenvalue weighted by atomic mass is 10.1. The van der Waals surface area contributed by atoms with Gasteiger partial charge in [-0.3, -0.25) is 9.36 Å². The van der Waals surface area contributed by atoms with Gasteiger partial charge in [0, 0.05) is 5.02 Å². The molecule has 3 aromatic carbocycles. The highest BCUT2D eigenvalue weighted by atomic mass is 35.5. The highest BCUT2D eigenvalue weighted by molar-refractivity contribution is 6.30. The lowest BCUT2D eigenvalue weighted by Crippen LogP contribution is -2.22. The quantitative estimate of drug-likeness (QED) is 0.389. The van der Waals surface area contributed by atoms with Gasteiger partial charge in [-0.05, 0) is 54.1 Å². The lowest BCUT2D eigenvalue weighted by Gasteiger charge is -2.14. The highest BCUT2D eigenvalue weighted by Crippen LogP contribution is 2.30. The number of alkyl halides is 3. The SMILES string of the molecule is O=c1c2ccccc2nc(/C=C\c2ccc(Cl)cc2)n1-c1cccc(C(F)(F)F)c1. The lowest BCUT2D eigenvalue weighted by molar-refractivity contribution is -0.137. The summed E-state index contributed by atoms with van der Waals surface area (Å²) in [5, 5.41) is 0.899. The van der Waals surface area contributed by atoms with E-state index in [4.69, 9.17) is 11.6 Å². The van der Waals surface area contributed by atoms with Crippen molar-refractivity contribution in [1.29, 1.82) is 0 Å². The molecule has 0 atom stereocenters. The van der Waals surface area contributed by atoms with Gasteiger partial charge in [-0.2, -0.15) is 13.2 Å². The van der Waals surface area contributed by atoms with E-state index in [1.165, 1.54) is 16.7 Å². The van der Waals surface area contributed by atoms with Crippen LogP contribution in [0.3, 0.4) is 0 Å². The first-order chi connectivity index (χ1) is 14.3. The molecule has 0 radical (unpaired) electrons. The van der Waals surface area contributed by atoms with Gasteiger partial charge in [0.15, 0.2) is 0 Å². The number of fused-ring (bicyclic) bond motifs is 1. The molecule has 0 fully saturated rings. The summed E-state index contributed by atoms with van der Waals surface area (Å²) < 4.78 is 40.8. The van der Waals surface area contributed by atoms with Crippen molar-refractivity contribution in [3.8, 4) is 5.69 Å². The smallest absolute Gasteiger partial charge is 0.268 e. The van der Waals surface area contributed by atoms with Crippen molar-refractivity contribution in [3.63, 3.8) is 0 Å². The number of hydrogen-bond acceptors (Lipinski definition) is 2. The summed E-state index contributed by atoms with van der Waals surface area (Å²) in [5.41, 5.74) is 0.0612. The number of halogens is 4. The second kappa shape index (κ2) is 7.80. The van der Waals surface area contributed by atoms with Gasteiger partial charge < -0.3 is 0 Å². The van der Waals surface area contributed by atoms with Crippen molar-refractivity contribution in [2.75, 3.05) is 0 Å². The molecular formula is C23H14ClF3N2O. The minimum Gasteiger partial charge on any atom is -0.268 e. The molecule has 0 amide bonds. The Morgan fingerprint density at radius 1 is 0.900 bits per heavy atom. The average Bonchev–Trinajstić information content (AvgIpc) is 2.73. The molecule has 0 N–H and O–H groups in total. The van der Waals surface area contributed by atoms with Crippen LogP contribution in [0, 0.1) is 0 Å². The third-order valence-corrected chi connectivity index (χ3v) is 4.78. The number of hydrogen-bond donors (Lipinski definition) is 0. The second-order valence-electron chi connectivity index (χ2n) is 6.56. The third-order valence-electron chi connectivity index (χ3n) is 4.53. The van der Waals surface area contributed by atoms with Crippen LogP contribution in [0.15, 0.2) is 77.6 Å². The van der Waals surface area contributed by atoms with E-state index in [0.717, 1.165) is 17.7 Å². The third kappa shape index (κ3) is 4.00. The Morgan fingerprint density at radius 3 is 2.37 bits per heavy atom. The number of aromatic nitrogens is 2. The van der Waals surface area contributed by atoms with Crippen LogP contribution < -0.4 is 5.56 Å². The highest BCUT2D eigenvalue weighted by Gasteiger charge is 2.30. The first-order valence-electron chi connectivity index (χ1n) is 8.96.